The highest BCUT2D eigenvalue weighted by molar-refractivity contribution is 5.97. The van der Waals surface area contributed by atoms with E-state index in [1.807, 2.05) is 31.2 Å². The Morgan fingerprint density at radius 3 is 2.52 bits per heavy atom. The van der Waals surface area contributed by atoms with Crippen molar-refractivity contribution in [2.24, 2.45) is 0 Å². The van der Waals surface area contributed by atoms with Crippen LogP contribution in [-0.2, 0) is 6.54 Å². The van der Waals surface area contributed by atoms with E-state index in [2.05, 4.69) is 5.32 Å². The van der Waals surface area contributed by atoms with Gasteiger partial charge in [0.1, 0.15) is 0 Å². The fourth-order valence-electron chi connectivity index (χ4n) is 2.17. The van der Waals surface area contributed by atoms with Crippen LogP contribution in [0.25, 0.3) is 0 Å². The minimum atomic E-state index is -0.188. The summed E-state index contributed by atoms with van der Waals surface area (Å²) in [5.41, 5.74) is 2.69. The maximum absolute atomic E-state index is 12.3. The number of hydrogen-bond acceptors (Lipinski definition) is 3. The molecular formula is C17H19NO3. The highest BCUT2D eigenvalue weighted by Crippen LogP contribution is 2.30. The number of methoxy groups -OCH3 is 2. The fourth-order valence-corrected chi connectivity index (χ4v) is 2.17. The van der Waals surface area contributed by atoms with Gasteiger partial charge < -0.3 is 14.8 Å². The summed E-state index contributed by atoms with van der Waals surface area (Å²) in [6.07, 6.45) is 0. The molecule has 0 aliphatic carbocycles. The van der Waals surface area contributed by atoms with Gasteiger partial charge in [0.2, 0.25) is 0 Å². The fraction of sp³-hybridized carbons (Fsp3) is 0.235. The van der Waals surface area contributed by atoms with Crippen molar-refractivity contribution in [2.75, 3.05) is 14.2 Å². The second-order valence-corrected chi connectivity index (χ2v) is 4.71. The molecule has 0 bridgehead atoms. The zero-order valence-electron chi connectivity index (χ0n) is 12.5. The van der Waals surface area contributed by atoms with Crippen LogP contribution < -0.4 is 14.8 Å². The van der Waals surface area contributed by atoms with Crippen molar-refractivity contribution in [2.45, 2.75) is 13.5 Å². The first-order chi connectivity index (χ1) is 10.2. The van der Waals surface area contributed by atoms with Crippen LogP contribution in [0.3, 0.4) is 0 Å². The van der Waals surface area contributed by atoms with Crippen LogP contribution in [0.5, 0.6) is 11.5 Å². The summed E-state index contributed by atoms with van der Waals surface area (Å²) in [5.74, 6) is 0.801. The zero-order chi connectivity index (χ0) is 15.2. The Bertz CT molecular complexity index is 638. The molecule has 0 aliphatic rings. The van der Waals surface area contributed by atoms with Crippen molar-refractivity contribution in [3.8, 4) is 11.5 Å². The minimum absolute atomic E-state index is 0.188. The molecule has 4 nitrogen and oxygen atoms in total. The number of nitrogens with one attached hydrogen (secondary N) is 1. The topological polar surface area (TPSA) is 47.6 Å². The molecular weight excluding hydrogens is 266 g/mol. The van der Waals surface area contributed by atoms with Crippen molar-refractivity contribution < 1.29 is 14.3 Å². The molecule has 0 atom stereocenters. The van der Waals surface area contributed by atoms with E-state index in [0.717, 1.165) is 5.56 Å². The molecule has 4 heteroatoms. The number of rotatable bonds is 5. The van der Waals surface area contributed by atoms with Crippen LogP contribution in [0.1, 0.15) is 21.5 Å². The van der Waals surface area contributed by atoms with Gasteiger partial charge in [-0.2, -0.15) is 0 Å². The molecule has 2 aromatic rings. The molecule has 0 radical (unpaired) electrons. The number of para-hydroxylation sites is 1. The predicted molar refractivity (Wildman–Crippen MR) is 81.9 cm³/mol. The quantitative estimate of drug-likeness (QED) is 0.918. The molecule has 1 amide bonds. The lowest BCUT2D eigenvalue weighted by Crippen LogP contribution is -2.23. The number of aryl methyl sites for hydroxylation is 1. The third-order valence-electron chi connectivity index (χ3n) is 3.18. The minimum Gasteiger partial charge on any atom is -0.493 e. The first-order valence-corrected chi connectivity index (χ1v) is 6.70. The Hall–Kier alpha value is -2.49. The summed E-state index contributed by atoms with van der Waals surface area (Å²) >= 11 is 0. The van der Waals surface area contributed by atoms with Crippen LogP contribution in [0, 0.1) is 6.92 Å². The molecule has 2 aromatic carbocycles. The Kier molecular flexibility index (Phi) is 4.82. The molecule has 0 fully saturated rings. The van der Waals surface area contributed by atoms with Crippen LogP contribution in [0.2, 0.25) is 0 Å². The average molecular weight is 285 g/mol. The predicted octanol–water partition coefficient (Wildman–Crippen LogP) is 2.94. The number of carbonyl (C=O) groups is 1. The van der Waals surface area contributed by atoms with Gasteiger partial charge in [0.15, 0.2) is 11.5 Å². The van der Waals surface area contributed by atoms with E-state index in [9.17, 15) is 4.79 Å². The van der Waals surface area contributed by atoms with E-state index in [0.29, 0.717) is 23.6 Å². The highest BCUT2D eigenvalue weighted by atomic mass is 16.5. The summed E-state index contributed by atoms with van der Waals surface area (Å²) in [4.78, 5) is 12.3. The standard InChI is InChI=1S/C17H19NO3/c1-12-6-4-7-13(10-12)11-18-17(19)14-8-5-9-15(20-2)16(14)21-3/h4-10H,11H2,1-3H3,(H,18,19). The molecule has 2 rings (SSSR count). The average Bonchev–Trinajstić information content (AvgIpc) is 2.51. The zero-order valence-corrected chi connectivity index (χ0v) is 12.5. The van der Waals surface area contributed by atoms with Gasteiger partial charge in [-0.3, -0.25) is 4.79 Å². The van der Waals surface area contributed by atoms with Crippen LogP contribution in [0.15, 0.2) is 42.5 Å². The normalized spacial score (nSPS) is 10.0. The van der Waals surface area contributed by atoms with E-state index in [1.165, 1.54) is 12.7 Å². The molecule has 0 saturated heterocycles. The Labute approximate surface area is 124 Å². The largest absolute Gasteiger partial charge is 0.493 e. The highest BCUT2D eigenvalue weighted by Gasteiger charge is 2.15. The summed E-state index contributed by atoms with van der Waals surface area (Å²) in [6, 6.07) is 13.3. The third-order valence-corrected chi connectivity index (χ3v) is 3.18. The first-order valence-electron chi connectivity index (χ1n) is 6.70. The number of benzene rings is 2. The Balaban J connectivity index is 2.14. The maximum Gasteiger partial charge on any atom is 0.255 e. The van der Waals surface area contributed by atoms with Gasteiger partial charge in [0.25, 0.3) is 5.91 Å². The summed E-state index contributed by atoms with van der Waals surface area (Å²) in [5, 5.41) is 2.89. The second kappa shape index (κ2) is 6.79. The SMILES string of the molecule is COc1cccc(C(=O)NCc2cccc(C)c2)c1OC. The third kappa shape index (κ3) is 3.54. The van der Waals surface area contributed by atoms with E-state index in [-0.39, 0.29) is 5.91 Å². The molecule has 110 valence electrons. The number of ether oxygens (including phenoxy) is 2. The maximum atomic E-state index is 12.3. The van der Waals surface area contributed by atoms with E-state index in [4.69, 9.17) is 9.47 Å². The monoisotopic (exact) mass is 285 g/mol. The molecule has 0 unspecified atom stereocenters. The van der Waals surface area contributed by atoms with Gasteiger partial charge in [0, 0.05) is 6.54 Å². The van der Waals surface area contributed by atoms with Crippen LogP contribution in [-0.4, -0.2) is 20.1 Å². The lowest BCUT2D eigenvalue weighted by atomic mass is 10.1. The van der Waals surface area contributed by atoms with Gasteiger partial charge in [-0.05, 0) is 24.6 Å². The molecule has 0 aliphatic heterocycles. The molecule has 0 heterocycles. The van der Waals surface area contributed by atoms with E-state index >= 15 is 0 Å². The van der Waals surface area contributed by atoms with Gasteiger partial charge >= 0.3 is 0 Å². The molecule has 0 saturated carbocycles. The molecule has 1 N–H and O–H groups in total. The molecule has 0 aromatic heterocycles. The van der Waals surface area contributed by atoms with Crippen molar-refractivity contribution in [1.29, 1.82) is 0 Å². The molecule has 21 heavy (non-hydrogen) atoms. The lowest BCUT2D eigenvalue weighted by Gasteiger charge is -2.12. The second-order valence-electron chi connectivity index (χ2n) is 4.71. The van der Waals surface area contributed by atoms with Crippen molar-refractivity contribution in [3.05, 3.63) is 59.2 Å². The van der Waals surface area contributed by atoms with Gasteiger partial charge in [-0.25, -0.2) is 0 Å². The Morgan fingerprint density at radius 1 is 1.10 bits per heavy atom. The smallest absolute Gasteiger partial charge is 0.255 e. The van der Waals surface area contributed by atoms with Crippen LogP contribution in [0.4, 0.5) is 0 Å². The van der Waals surface area contributed by atoms with Gasteiger partial charge in [-0.1, -0.05) is 35.9 Å². The summed E-state index contributed by atoms with van der Waals surface area (Å²) < 4.78 is 10.5. The van der Waals surface area contributed by atoms with Crippen molar-refractivity contribution in [1.82, 2.24) is 5.32 Å². The van der Waals surface area contributed by atoms with Crippen molar-refractivity contribution >= 4 is 5.91 Å². The first kappa shape index (κ1) is 14.9. The van der Waals surface area contributed by atoms with Crippen LogP contribution >= 0.6 is 0 Å². The van der Waals surface area contributed by atoms with E-state index < -0.39 is 0 Å². The van der Waals surface area contributed by atoms with Gasteiger partial charge in [0.05, 0.1) is 19.8 Å². The van der Waals surface area contributed by atoms with Gasteiger partial charge in [-0.15, -0.1) is 0 Å². The van der Waals surface area contributed by atoms with Crippen molar-refractivity contribution in [3.63, 3.8) is 0 Å². The Morgan fingerprint density at radius 2 is 1.86 bits per heavy atom. The van der Waals surface area contributed by atoms with E-state index in [1.54, 1.807) is 25.3 Å². The summed E-state index contributed by atoms with van der Waals surface area (Å²) in [6.45, 7) is 2.50. The number of carbonyl (C=O) groups excluding carboxylic acids is 1. The number of hydrogen-bond donors (Lipinski definition) is 1. The lowest BCUT2D eigenvalue weighted by molar-refractivity contribution is 0.0947. The molecule has 0 spiro atoms. The number of amides is 1. The summed E-state index contributed by atoms with van der Waals surface area (Å²) in [7, 11) is 3.07.